The molecule has 3 aromatic carbocycles. The van der Waals surface area contributed by atoms with E-state index in [2.05, 4.69) is 15.6 Å². The number of oxazole rings is 1. The van der Waals surface area contributed by atoms with Gasteiger partial charge in [0.05, 0.1) is 23.5 Å². The molecule has 0 fully saturated rings. The summed E-state index contributed by atoms with van der Waals surface area (Å²) in [5.74, 6) is 0.701. The first-order valence-corrected chi connectivity index (χ1v) is 11.3. The van der Waals surface area contributed by atoms with Crippen LogP contribution in [0, 0.1) is 6.92 Å². The van der Waals surface area contributed by atoms with E-state index in [9.17, 15) is 9.59 Å². The molecule has 0 radical (unpaired) electrons. The van der Waals surface area contributed by atoms with Crippen LogP contribution in [0.2, 0.25) is 0 Å². The van der Waals surface area contributed by atoms with Gasteiger partial charge in [0.25, 0.3) is 5.91 Å². The number of nitrogens with one attached hydrogen (secondary N) is 2. The fourth-order valence-corrected chi connectivity index (χ4v) is 3.60. The van der Waals surface area contributed by atoms with Crippen molar-refractivity contribution in [3.8, 4) is 11.3 Å². The molecule has 0 saturated heterocycles. The van der Waals surface area contributed by atoms with Crippen LogP contribution >= 0.6 is 0 Å². The van der Waals surface area contributed by atoms with E-state index in [1.807, 2.05) is 68.4 Å². The van der Waals surface area contributed by atoms with Crippen molar-refractivity contribution in [2.75, 3.05) is 5.32 Å². The van der Waals surface area contributed by atoms with E-state index in [0.717, 1.165) is 11.1 Å². The number of hydrogen-bond acceptors (Lipinski definition) is 4. The Hall–Kier alpha value is -4.19. The predicted molar refractivity (Wildman–Crippen MR) is 132 cm³/mol. The number of rotatable bonds is 8. The molecule has 0 aliphatic rings. The predicted octanol–water partition coefficient (Wildman–Crippen LogP) is 5.71. The lowest BCUT2D eigenvalue weighted by atomic mass is 10.1. The zero-order valence-corrected chi connectivity index (χ0v) is 19.2. The molecule has 4 rings (SSSR count). The first-order chi connectivity index (χ1) is 16.5. The minimum atomic E-state index is -0.248. The van der Waals surface area contributed by atoms with Crippen molar-refractivity contribution >= 4 is 17.5 Å². The molecule has 0 spiro atoms. The van der Waals surface area contributed by atoms with Gasteiger partial charge in [-0.15, -0.1) is 0 Å². The number of hydrogen-bond donors (Lipinski definition) is 2. The van der Waals surface area contributed by atoms with Crippen LogP contribution in [0.1, 0.15) is 46.8 Å². The highest BCUT2D eigenvalue weighted by Gasteiger charge is 2.16. The molecule has 6 heteroatoms. The molecule has 1 atom stereocenters. The molecule has 0 bridgehead atoms. The Morgan fingerprint density at radius 1 is 0.941 bits per heavy atom. The van der Waals surface area contributed by atoms with Gasteiger partial charge in [0.2, 0.25) is 5.91 Å². The van der Waals surface area contributed by atoms with E-state index in [-0.39, 0.29) is 24.3 Å². The molecule has 1 aromatic heterocycles. The van der Waals surface area contributed by atoms with Crippen molar-refractivity contribution in [1.82, 2.24) is 10.3 Å². The van der Waals surface area contributed by atoms with Gasteiger partial charge in [-0.2, -0.15) is 0 Å². The van der Waals surface area contributed by atoms with E-state index in [0.29, 0.717) is 29.3 Å². The van der Waals surface area contributed by atoms with Gasteiger partial charge in [0, 0.05) is 18.4 Å². The average Bonchev–Trinajstić information content (AvgIpc) is 3.33. The van der Waals surface area contributed by atoms with E-state index in [1.165, 1.54) is 5.56 Å². The van der Waals surface area contributed by atoms with Crippen molar-refractivity contribution in [2.24, 2.45) is 0 Å². The Bertz CT molecular complexity index is 1260. The molecule has 6 nitrogen and oxygen atoms in total. The number of nitrogens with zero attached hydrogens (tertiary/aromatic N) is 1. The number of aromatic nitrogens is 1. The summed E-state index contributed by atoms with van der Waals surface area (Å²) in [6.45, 7) is 3.95. The first-order valence-electron chi connectivity index (χ1n) is 11.3. The summed E-state index contributed by atoms with van der Waals surface area (Å²) in [5.41, 5.74) is 4.00. The SMILES string of the molecule is Cc1ccc(-c2cnc(CCC(=O)Nc3ccccc3C(=O)N[C@@H](C)c3ccccc3)o2)cc1. The number of anilines is 1. The topological polar surface area (TPSA) is 84.2 Å². The number of benzene rings is 3. The summed E-state index contributed by atoms with van der Waals surface area (Å²) >= 11 is 0. The number of para-hydroxylation sites is 1. The lowest BCUT2D eigenvalue weighted by molar-refractivity contribution is -0.116. The number of aryl methyl sites for hydroxylation is 2. The second-order valence-electron chi connectivity index (χ2n) is 8.18. The Kier molecular flexibility index (Phi) is 7.18. The van der Waals surface area contributed by atoms with Crippen molar-refractivity contribution in [1.29, 1.82) is 0 Å². The molecule has 0 aliphatic carbocycles. The average molecular weight is 454 g/mol. The third-order valence-corrected chi connectivity index (χ3v) is 5.55. The maximum atomic E-state index is 12.9. The lowest BCUT2D eigenvalue weighted by Crippen LogP contribution is -2.28. The molecule has 0 unspecified atom stereocenters. The van der Waals surface area contributed by atoms with E-state index in [4.69, 9.17) is 4.42 Å². The number of carbonyl (C=O) groups is 2. The lowest BCUT2D eigenvalue weighted by Gasteiger charge is -2.16. The highest BCUT2D eigenvalue weighted by molar-refractivity contribution is 6.03. The van der Waals surface area contributed by atoms with Crippen LogP contribution in [0.5, 0.6) is 0 Å². The smallest absolute Gasteiger partial charge is 0.253 e. The van der Waals surface area contributed by atoms with Crippen molar-refractivity contribution < 1.29 is 14.0 Å². The van der Waals surface area contributed by atoms with Gasteiger partial charge in [0.1, 0.15) is 0 Å². The third kappa shape index (κ3) is 5.78. The van der Waals surface area contributed by atoms with Gasteiger partial charge in [-0.25, -0.2) is 4.98 Å². The maximum absolute atomic E-state index is 12.9. The molecule has 1 heterocycles. The zero-order valence-electron chi connectivity index (χ0n) is 19.2. The van der Waals surface area contributed by atoms with E-state index >= 15 is 0 Å². The van der Waals surface area contributed by atoms with Crippen LogP contribution < -0.4 is 10.6 Å². The summed E-state index contributed by atoms with van der Waals surface area (Å²) in [6.07, 6.45) is 2.22. The van der Waals surface area contributed by atoms with Crippen molar-refractivity contribution in [3.63, 3.8) is 0 Å². The summed E-state index contributed by atoms with van der Waals surface area (Å²) in [6, 6.07) is 24.5. The maximum Gasteiger partial charge on any atom is 0.253 e. The fourth-order valence-electron chi connectivity index (χ4n) is 3.60. The Balaban J connectivity index is 1.36. The summed E-state index contributed by atoms with van der Waals surface area (Å²) < 4.78 is 5.80. The molecule has 34 heavy (non-hydrogen) atoms. The highest BCUT2D eigenvalue weighted by atomic mass is 16.4. The van der Waals surface area contributed by atoms with Gasteiger partial charge in [-0.1, -0.05) is 72.3 Å². The van der Waals surface area contributed by atoms with Gasteiger partial charge >= 0.3 is 0 Å². The summed E-state index contributed by atoms with van der Waals surface area (Å²) in [4.78, 5) is 29.8. The van der Waals surface area contributed by atoms with Crippen LogP contribution in [-0.2, 0) is 11.2 Å². The molecular weight excluding hydrogens is 426 g/mol. The van der Waals surface area contributed by atoms with Crippen LogP contribution in [-0.4, -0.2) is 16.8 Å². The number of amides is 2. The van der Waals surface area contributed by atoms with Crippen molar-refractivity contribution in [2.45, 2.75) is 32.7 Å². The Morgan fingerprint density at radius 2 is 1.65 bits per heavy atom. The fraction of sp³-hybridized carbons (Fsp3) is 0.179. The largest absolute Gasteiger partial charge is 0.441 e. The molecule has 0 saturated carbocycles. The van der Waals surface area contributed by atoms with Gasteiger partial charge in [-0.05, 0) is 31.5 Å². The molecule has 4 aromatic rings. The minimum absolute atomic E-state index is 0.162. The van der Waals surface area contributed by atoms with Crippen LogP contribution in [0.3, 0.4) is 0 Å². The molecular formula is C28H27N3O3. The third-order valence-electron chi connectivity index (χ3n) is 5.55. The summed E-state index contributed by atoms with van der Waals surface area (Å²) in [5, 5.41) is 5.84. The second-order valence-corrected chi connectivity index (χ2v) is 8.18. The monoisotopic (exact) mass is 453 g/mol. The zero-order chi connectivity index (χ0) is 23.9. The molecule has 0 aliphatic heterocycles. The van der Waals surface area contributed by atoms with Crippen molar-refractivity contribution in [3.05, 3.63) is 108 Å². The van der Waals surface area contributed by atoms with Gasteiger partial charge < -0.3 is 15.1 Å². The van der Waals surface area contributed by atoms with E-state index < -0.39 is 0 Å². The Morgan fingerprint density at radius 3 is 2.41 bits per heavy atom. The first kappa shape index (κ1) is 23.0. The molecule has 2 amide bonds. The minimum Gasteiger partial charge on any atom is -0.441 e. The standard InChI is InChI=1S/C28H27N3O3/c1-19-12-14-22(15-13-19)25-18-29-27(34-25)17-16-26(32)31-24-11-7-6-10-23(24)28(33)30-20(2)21-8-4-3-5-9-21/h3-15,18,20H,16-17H2,1-2H3,(H,30,33)(H,31,32)/t20-/m0/s1. The van der Waals surface area contributed by atoms with Crippen LogP contribution in [0.4, 0.5) is 5.69 Å². The second kappa shape index (κ2) is 10.6. The molecule has 172 valence electrons. The highest BCUT2D eigenvalue weighted by Crippen LogP contribution is 2.22. The number of carbonyl (C=O) groups excluding carboxylic acids is 2. The van der Waals surface area contributed by atoms with Gasteiger partial charge in [-0.3, -0.25) is 9.59 Å². The summed E-state index contributed by atoms with van der Waals surface area (Å²) in [7, 11) is 0. The van der Waals surface area contributed by atoms with Gasteiger partial charge in [0.15, 0.2) is 11.7 Å². The van der Waals surface area contributed by atoms with E-state index in [1.54, 1.807) is 30.5 Å². The van der Waals surface area contributed by atoms with Crippen LogP contribution in [0.25, 0.3) is 11.3 Å². The molecule has 2 N–H and O–H groups in total. The normalized spacial score (nSPS) is 11.6. The quantitative estimate of drug-likeness (QED) is 0.358. The van der Waals surface area contributed by atoms with Crippen LogP contribution in [0.15, 0.2) is 89.5 Å². The Labute approximate surface area is 199 Å².